The van der Waals surface area contributed by atoms with Crippen LogP contribution in [0.15, 0.2) is 42.5 Å². The molecule has 0 saturated carbocycles. The topological polar surface area (TPSA) is 65.4 Å². The first kappa shape index (κ1) is 18.5. The Morgan fingerprint density at radius 1 is 1.29 bits per heavy atom. The molecule has 0 aliphatic carbocycles. The fourth-order valence-electron chi connectivity index (χ4n) is 3.64. The Kier molecular flexibility index (Phi) is 5.30. The van der Waals surface area contributed by atoms with Gasteiger partial charge in [0, 0.05) is 24.4 Å². The van der Waals surface area contributed by atoms with Gasteiger partial charge in [-0.05, 0) is 69.2 Å². The first-order valence-corrected chi connectivity index (χ1v) is 9.78. The van der Waals surface area contributed by atoms with E-state index < -0.39 is 0 Å². The van der Waals surface area contributed by atoms with Gasteiger partial charge in [0.2, 0.25) is 0 Å². The van der Waals surface area contributed by atoms with Gasteiger partial charge in [0.05, 0.1) is 23.7 Å². The number of benzene rings is 2. The van der Waals surface area contributed by atoms with Crippen LogP contribution < -0.4 is 10.1 Å². The molecule has 1 amide bonds. The van der Waals surface area contributed by atoms with Gasteiger partial charge in [0.1, 0.15) is 11.6 Å². The van der Waals surface area contributed by atoms with Crippen LogP contribution in [0.25, 0.3) is 16.7 Å². The molecule has 6 heteroatoms. The summed E-state index contributed by atoms with van der Waals surface area (Å²) < 4.78 is 13.2. The molecule has 28 heavy (non-hydrogen) atoms. The molecule has 1 saturated heterocycles. The summed E-state index contributed by atoms with van der Waals surface area (Å²) >= 11 is 0. The van der Waals surface area contributed by atoms with Crippen LogP contribution >= 0.6 is 0 Å². The van der Waals surface area contributed by atoms with Crippen molar-refractivity contribution < 1.29 is 14.3 Å². The zero-order valence-corrected chi connectivity index (χ0v) is 16.3. The lowest BCUT2D eigenvalue weighted by Crippen LogP contribution is -2.31. The number of hydrogen-bond acceptors (Lipinski definition) is 4. The molecule has 1 N–H and O–H groups in total. The van der Waals surface area contributed by atoms with E-state index in [9.17, 15) is 4.79 Å². The highest BCUT2D eigenvalue weighted by atomic mass is 16.5. The highest BCUT2D eigenvalue weighted by Gasteiger charge is 2.17. The summed E-state index contributed by atoms with van der Waals surface area (Å²) in [5.74, 6) is 1.63. The number of carbonyl (C=O) groups excluding carboxylic acids is 1. The van der Waals surface area contributed by atoms with E-state index in [1.165, 1.54) is 0 Å². The second-order valence-corrected chi connectivity index (χ2v) is 6.97. The van der Waals surface area contributed by atoms with Crippen molar-refractivity contribution in [1.29, 1.82) is 0 Å². The third-order valence-electron chi connectivity index (χ3n) is 5.00. The third-order valence-corrected chi connectivity index (χ3v) is 5.00. The Balaban J connectivity index is 1.56. The van der Waals surface area contributed by atoms with E-state index >= 15 is 0 Å². The summed E-state index contributed by atoms with van der Waals surface area (Å²) in [6.07, 6.45) is 2.20. The van der Waals surface area contributed by atoms with Crippen molar-refractivity contribution in [2.75, 3.05) is 19.8 Å². The molecule has 1 aromatic heterocycles. The maximum absolute atomic E-state index is 12.5. The highest BCUT2D eigenvalue weighted by molar-refractivity contribution is 5.97. The van der Waals surface area contributed by atoms with Crippen LogP contribution in [0, 0.1) is 6.92 Å². The molecule has 1 aliphatic rings. The summed E-state index contributed by atoms with van der Waals surface area (Å²) in [6, 6.07) is 13.6. The van der Waals surface area contributed by atoms with Crippen LogP contribution in [-0.2, 0) is 4.74 Å². The highest BCUT2D eigenvalue weighted by Crippen LogP contribution is 2.24. The van der Waals surface area contributed by atoms with E-state index in [4.69, 9.17) is 9.47 Å². The lowest BCUT2D eigenvalue weighted by Gasteiger charge is -2.11. The van der Waals surface area contributed by atoms with Crippen molar-refractivity contribution in [3.63, 3.8) is 0 Å². The van der Waals surface area contributed by atoms with Gasteiger partial charge < -0.3 is 14.8 Å². The zero-order chi connectivity index (χ0) is 19.5. The minimum absolute atomic E-state index is 0.0920. The van der Waals surface area contributed by atoms with Crippen LogP contribution in [0.4, 0.5) is 0 Å². The number of fused-ring (bicyclic) bond motifs is 1. The van der Waals surface area contributed by atoms with Crippen molar-refractivity contribution in [3.8, 4) is 11.4 Å². The van der Waals surface area contributed by atoms with Crippen LogP contribution in [0.3, 0.4) is 0 Å². The fourth-order valence-corrected chi connectivity index (χ4v) is 3.64. The molecular weight excluding hydrogens is 354 g/mol. The summed E-state index contributed by atoms with van der Waals surface area (Å²) in [4.78, 5) is 17.1. The average molecular weight is 379 g/mol. The number of hydrogen-bond donors (Lipinski definition) is 1. The number of ether oxygens (including phenoxy) is 2. The van der Waals surface area contributed by atoms with Crippen molar-refractivity contribution in [3.05, 3.63) is 53.9 Å². The van der Waals surface area contributed by atoms with E-state index in [1.807, 2.05) is 56.3 Å². The number of amides is 1. The number of nitrogens with one attached hydrogen (secondary N) is 1. The Morgan fingerprint density at radius 3 is 2.82 bits per heavy atom. The minimum atomic E-state index is -0.0920. The Morgan fingerprint density at radius 2 is 2.11 bits per heavy atom. The number of aromatic nitrogens is 2. The van der Waals surface area contributed by atoms with Gasteiger partial charge in [-0.3, -0.25) is 9.36 Å². The number of carbonyl (C=O) groups is 1. The van der Waals surface area contributed by atoms with Gasteiger partial charge >= 0.3 is 0 Å². The van der Waals surface area contributed by atoms with E-state index in [2.05, 4.69) is 14.9 Å². The smallest absolute Gasteiger partial charge is 0.251 e. The zero-order valence-electron chi connectivity index (χ0n) is 16.3. The maximum Gasteiger partial charge on any atom is 0.251 e. The summed E-state index contributed by atoms with van der Waals surface area (Å²) in [6.45, 7) is 5.92. The van der Waals surface area contributed by atoms with Crippen molar-refractivity contribution in [2.45, 2.75) is 32.8 Å². The Hall–Kier alpha value is -2.86. The van der Waals surface area contributed by atoms with E-state index in [0.717, 1.165) is 47.7 Å². The number of aryl methyl sites for hydroxylation is 1. The minimum Gasteiger partial charge on any atom is -0.494 e. The van der Waals surface area contributed by atoms with Gasteiger partial charge in [-0.15, -0.1) is 0 Å². The monoisotopic (exact) mass is 379 g/mol. The lowest BCUT2D eigenvalue weighted by atomic mass is 10.1. The maximum atomic E-state index is 12.5. The second-order valence-electron chi connectivity index (χ2n) is 6.97. The lowest BCUT2D eigenvalue weighted by molar-refractivity contribution is 0.0858. The van der Waals surface area contributed by atoms with Crippen LogP contribution in [0.1, 0.15) is 35.9 Å². The number of imidazole rings is 1. The first-order valence-electron chi connectivity index (χ1n) is 9.78. The van der Waals surface area contributed by atoms with Crippen LogP contribution in [0.2, 0.25) is 0 Å². The molecule has 2 heterocycles. The molecule has 1 atom stereocenters. The Bertz CT molecular complexity index is 973. The third kappa shape index (κ3) is 3.73. The number of rotatable bonds is 6. The van der Waals surface area contributed by atoms with Crippen molar-refractivity contribution in [2.24, 2.45) is 0 Å². The predicted octanol–water partition coefficient (Wildman–Crippen LogP) is 3.64. The fraction of sp³-hybridized carbons (Fsp3) is 0.364. The molecule has 6 nitrogen and oxygen atoms in total. The van der Waals surface area contributed by atoms with Gasteiger partial charge in [0.25, 0.3) is 5.91 Å². The molecule has 0 radical (unpaired) electrons. The molecule has 0 unspecified atom stereocenters. The summed E-state index contributed by atoms with van der Waals surface area (Å²) in [5.41, 5.74) is 3.40. The molecule has 2 aromatic carbocycles. The van der Waals surface area contributed by atoms with E-state index in [0.29, 0.717) is 18.7 Å². The molecule has 146 valence electrons. The summed E-state index contributed by atoms with van der Waals surface area (Å²) in [5, 5.41) is 2.96. The SMILES string of the molecule is CCOc1ccc(-n2c(C)nc3cc(C(=O)NC[C@H]4CCCO4)ccc32)cc1. The first-order chi connectivity index (χ1) is 13.7. The predicted molar refractivity (Wildman–Crippen MR) is 108 cm³/mol. The van der Waals surface area contributed by atoms with E-state index in [-0.39, 0.29) is 12.0 Å². The number of nitrogens with zero attached hydrogens (tertiary/aromatic N) is 2. The largest absolute Gasteiger partial charge is 0.494 e. The molecule has 1 aliphatic heterocycles. The van der Waals surface area contributed by atoms with Crippen LogP contribution in [0.5, 0.6) is 5.75 Å². The Labute approximate surface area is 164 Å². The molecule has 1 fully saturated rings. The normalized spacial score (nSPS) is 16.4. The van der Waals surface area contributed by atoms with Crippen molar-refractivity contribution >= 4 is 16.9 Å². The average Bonchev–Trinajstić information content (AvgIpc) is 3.33. The quantitative estimate of drug-likeness (QED) is 0.710. The van der Waals surface area contributed by atoms with E-state index in [1.54, 1.807) is 0 Å². The van der Waals surface area contributed by atoms with Gasteiger partial charge in [-0.25, -0.2) is 4.98 Å². The molecule has 4 rings (SSSR count). The van der Waals surface area contributed by atoms with Gasteiger partial charge in [-0.1, -0.05) is 0 Å². The molecule has 0 bridgehead atoms. The van der Waals surface area contributed by atoms with Gasteiger partial charge in [0.15, 0.2) is 0 Å². The van der Waals surface area contributed by atoms with Crippen LogP contribution in [-0.4, -0.2) is 41.3 Å². The molecule has 3 aromatic rings. The summed E-state index contributed by atoms with van der Waals surface area (Å²) in [7, 11) is 0. The van der Waals surface area contributed by atoms with Crippen molar-refractivity contribution in [1.82, 2.24) is 14.9 Å². The molecule has 0 spiro atoms. The second kappa shape index (κ2) is 8.02. The standard InChI is InChI=1S/C22H25N3O3/c1-3-27-18-9-7-17(8-10-18)25-15(2)24-20-13-16(6-11-21(20)25)22(26)23-14-19-5-4-12-28-19/h6-11,13,19H,3-5,12,14H2,1-2H3,(H,23,26)/t19-/m1/s1. The van der Waals surface area contributed by atoms with Gasteiger partial charge in [-0.2, -0.15) is 0 Å². The molecular formula is C22H25N3O3.